The molecule has 0 aromatic carbocycles. The molecule has 1 fully saturated rings. The van der Waals surface area contributed by atoms with E-state index in [1.807, 2.05) is 0 Å². The Hall–Kier alpha value is -0.120. The molecule has 0 aromatic heterocycles. The summed E-state index contributed by atoms with van der Waals surface area (Å²) in [4.78, 5) is 0. The van der Waals surface area contributed by atoms with E-state index in [2.05, 4.69) is 13.8 Å². The summed E-state index contributed by atoms with van der Waals surface area (Å²) in [7, 11) is 1.78. The van der Waals surface area contributed by atoms with Gasteiger partial charge < -0.3 is 15.2 Å². The van der Waals surface area contributed by atoms with Gasteiger partial charge in [-0.05, 0) is 31.6 Å². The van der Waals surface area contributed by atoms with Crippen molar-refractivity contribution in [3.8, 4) is 0 Å². The molecule has 0 aliphatic carbocycles. The smallest absolute Gasteiger partial charge is 0.0826 e. The highest BCUT2D eigenvalue weighted by atomic mass is 16.5. The first-order valence-corrected chi connectivity index (χ1v) is 6.08. The molecule has 1 saturated heterocycles. The predicted octanol–water partition coefficient (Wildman–Crippen LogP) is 1.95. The van der Waals surface area contributed by atoms with Crippen LogP contribution in [0.4, 0.5) is 0 Å². The standard InChI is InChI=1S/C12H25NO2/c1-4-12(5-2,14-3)11(13)10-6-8-15-9-7-10/h10-11H,4-9,13H2,1-3H3. The van der Waals surface area contributed by atoms with Crippen molar-refractivity contribution in [3.63, 3.8) is 0 Å². The fourth-order valence-electron chi connectivity index (χ4n) is 2.65. The van der Waals surface area contributed by atoms with Crippen LogP contribution in [0.2, 0.25) is 0 Å². The minimum atomic E-state index is -0.137. The van der Waals surface area contributed by atoms with Gasteiger partial charge in [-0.1, -0.05) is 13.8 Å². The fraction of sp³-hybridized carbons (Fsp3) is 1.00. The van der Waals surface area contributed by atoms with Crippen LogP contribution in [-0.4, -0.2) is 32.0 Å². The van der Waals surface area contributed by atoms with Gasteiger partial charge in [-0.15, -0.1) is 0 Å². The van der Waals surface area contributed by atoms with E-state index < -0.39 is 0 Å². The summed E-state index contributed by atoms with van der Waals surface area (Å²) < 4.78 is 11.1. The summed E-state index contributed by atoms with van der Waals surface area (Å²) in [5, 5.41) is 0. The molecule has 0 saturated carbocycles. The first kappa shape index (κ1) is 12.9. The Balaban J connectivity index is 2.65. The molecular weight excluding hydrogens is 190 g/mol. The monoisotopic (exact) mass is 215 g/mol. The molecule has 1 unspecified atom stereocenters. The third kappa shape index (κ3) is 2.71. The van der Waals surface area contributed by atoms with Gasteiger partial charge in [-0.3, -0.25) is 0 Å². The Morgan fingerprint density at radius 2 is 1.87 bits per heavy atom. The molecule has 0 aromatic rings. The topological polar surface area (TPSA) is 44.5 Å². The quantitative estimate of drug-likeness (QED) is 0.762. The molecule has 15 heavy (non-hydrogen) atoms. The van der Waals surface area contributed by atoms with E-state index in [9.17, 15) is 0 Å². The Morgan fingerprint density at radius 3 is 2.27 bits per heavy atom. The van der Waals surface area contributed by atoms with Crippen LogP contribution in [0.15, 0.2) is 0 Å². The van der Waals surface area contributed by atoms with Gasteiger partial charge in [0.2, 0.25) is 0 Å². The van der Waals surface area contributed by atoms with E-state index in [1.54, 1.807) is 7.11 Å². The maximum Gasteiger partial charge on any atom is 0.0826 e. The lowest BCUT2D eigenvalue weighted by Gasteiger charge is -2.41. The van der Waals surface area contributed by atoms with Gasteiger partial charge in [0, 0.05) is 26.4 Å². The highest BCUT2D eigenvalue weighted by Crippen LogP contribution is 2.31. The van der Waals surface area contributed by atoms with Crippen LogP contribution in [0.3, 0.4) is 0 Å². The van der Waals surface area contributed by atoms with Gasteiger partial charge >= 0.3 is 0 Å². The van der Waals surface area contributed by atoms with Crippen molar-refractivity contribution in [1.82, 2.24) is 0 Å². The molecule has 3 nitrogen and oxygen atoms in total. The third-order valence-corrected chi connectivity index (χ3v) is 3.98. The fourth-order valence-corrected chi connectivity index (χ4v) is 2.65. The van der Waals surface area contributed by atoms with Crippen LogP contribution in [-0.2, 0) is 9.47 Å². The molecule has 1 atom stereocenters. The molecule has 1 aliphatic rings. The first-order chi connectivity index (χ1) is 7.20. The Morgan fingerprint density at radius 1 is 1.33 bits per heavy atom. The number of ether oxygens (including phenoxy) is 2. The van der Waals surface area contributed by atoms with Crippen molar-refractivity contribution in [1.29, 1.82) is 0 Å². The molecule has 2 N–H and O–H groups in total. The molecule has 1 aliphatic heterocycles. The van der Waals surface area contributed by atoms with Crippen molar-refractivity contribution in [2.24, 2.45) is 11.7 Å². The summed E-state index contributed by atoms with van der Waals surface area (Å²) in [5.41, 5.74) is 6.24. The second kappa shape index (κ2) is 5.83. The number of rotatable bonds is 5. The van der Waals surface area contributed by atoms with Gasteiger partial charge in [-0.2, -0.15) is 0 Å². The zero-order chi connectivity index (χ0) is 11.3. The molecule has 1 heterocycles. The first-order valence-electron chi connectivity index (χ1n) is 6.08. The largest absolute Gasteiger partial charge is 0.381 e. The van der Waals surface area contributed by atoms with E-state index >= 15 is 0 Å². The van der Waals surface area contributed by atoms with Crippen LogP contribution in [0.25, 0.3) is 0 Å². The zero-order valence-corrected chi connectivity index (χ0v) is 10.3. The second-order valence-electron chi connectivity index (χ2n) is 4.45. The summed E-state index contributed by atoms with van der Waals surface area (Å²) in [6, 6.07) is 0.140. The van der Waals surface area contributed by atoms with Crippen LogP contribution in [0.5, 0.6) is 0 Å². The third-order valence-electron chi connectivity index (χ3n) is 3.98. The van der Waals surface area contributed by atoms with Crippen LogP contribution >= 0.6 is 0 Å². The van der Waals surface area contributed by atoms with Crippen molar-refractivity contribution in [3.05, 3.63) is 0 Å². The second-order valence-corrected chi connectivity index (χ2v) is 4.45. The van der Waals surface area contributed by atoms with E-state index in [0.29, 0.717) is 5.92 Å². The minimum absolute atomic E-state index is 0.137. The van der Waals surface area contributed by atoms with Crippen LogP contribution < -0.4 is 5.73 Å². The van der Waals surface area contributed by atoms with E-state index in [0.717, 1.165) is 38.9 Å². The molecule has 1 rings (SSSR count). The molecule has 0 bridgehead atoms. The summed E-state index contributed by atoms with van der Waals surface area (Å²) in [6.07, 6.45) is 4.12. The van der Waals surface area contributed by atoms with E-state index in [4.69, 9.17) is 15.2 Å². The molecule has 0 radical (unpaired) electrons. The maximum atomic E-state index is 6.38. The SMILES string of the molecule is CCC(CC)(OC)C(N)C1CCOCC1. The van der Waals surface area contributed by atoms with Crippen molar-refractivity contribution >= 4 is 0 Å². The molecule has 90 valence electrons. The average Bonchev–Trinajstić information content (AvgIpc) is 2.33. The minimum Gasteiger partial charge on any atom is -0.381 e. The molecule has 0 amide bonds. The summed E-state index contributed by atoms with van der Waals surface area (Å²) in [6.45, 7) is 6.02. The average molecular weight is 215 g/mol. The Kier molecular flexibility index (Phi) is 5.03. The lowest BCUT2D eigenvalue weighted by Crippen LogP contribution is -2.54. The Labute approximate surface area is 93.3 Å². The van der Waals surface area contributed by atoms with Gasteiger partial charge in [0.15, 0.2) is 0 Å². The summed E-state index contributed by atoms with van der Waals surface area (Å²) >= 11 is 0. The van der Waals surface area contributed by atoms with Gasteiger partial charge in [0.25, 0.3) is 0 Å². The molecular formula is C12H25NO2. The van der Waals surface area contributed by atoms with E-state index in [-0.39, 0.29) is 11.6 Å². The number of hydrogen-bond donors (Lipinski definition) is 1. The molecule has 3 heteroatoms. The predicted molar refractivity (Wildman–Crippen MR) is 61.8 cm³/mol. The van der Waals surface area contributed by atoms with E-state index in [1.165, 1.54) is 0 Å². The highest BCUT2D eigenvalue weighted by Gasteiger charge is 2.38. The highest BCUT2D eigenvalue weighted by molar-refractivity contribution is 4.93. The van der Waals surface area contributed by atoms with Crippen molar-refractivity contribution < 1.29 is 9.47 Å². The number of hydrogen-bond acceptors (Lipinski definition) is 3. The van der Waals surface area contributed by atoms with Crippen LogP contribution in [0.1, 0.15) is 39.5 Å². The lowest BCUT2D eigenvalue weighted by molar-refractivity contribution is -0.0662. The van der Waals surface area contributed by atoms with Crippen LogP contribution in [0, 0.1) is 5.92 Å². The molecule has 0 spiro atoms. The van der Waals surface area contributed by atoms with Gasteiger partial charge in [0.1, 0.15) is 0 Å². The maximum absolute atomic E-state index is 6.38. The van der Waals surface area contributed by atoms with Crippen molar-refractivity contribution in [2.45, 2.75) is 51.2 Å². The van der Waals surface area contributed by atoms with Gasteiger partial charge in [-0.25, -0.2) is 0 Å². The Bertz CT molecular complexity index is 166. The number of methoxy groups -OCH3 is 1. The summed E-state index contributed by atoms with van der Waals surface area (Å²) in [5.74, 6) is 0.554. The zero-order valence-electron chi connectivity index (χ0n) is 10.3. The van der Waals surface area contributed by atoms with Gasteiger partial charge in [0.05, 0.1) is 5.60 Å². The number of nitrogens with two attached hydrogens (primary N) is 1. The van der Waals surface area contributed by atoms with Crippen molar-refractivity contribution in [2.75, 3.05) is 20.3 Å². The lowest BCUT2D eigenvalue weighted by atomic mass is 9.78. The normalized spacial score (nSPS) is 21.6.